The second-order valence-corrected chi connectivity index (χ2v) is 7.66. The molecule has 0 unspecified atom stereocenters. The summed E-state index contributed by atoms with van der Waals surface area (Å²) in [6.07, 6.45) is 5.42. The van der Waals surface area contributed by atoms with Gasteiger partial charge in [0.25, 0.3) is 0 Å². The van der Waals surface area contributed by atoms with Crippen LogP contribution in [-0.2, 0) is 4.79 Å². The third-order valence-electron chi connectivity index (χ3n) is 4.28. The molecule has 3 rings (SSSR count). The first kappa shape index (κ1) is 18.9. The number of benzene rings is 2. The maximum Gasteiger partial charge on any atom is 0.185 e. The van der Waals surface area contributed by atoms with Gasteiger partial charge in [-0.1, -0.05) is 12.1 Å². The molecule has 26 heavy (non-hydrogen) atoms. The molecular formula is C21H18Br2O3. The molecule has 0 N–H and O–H groups in total. The van der Waals surface area contributed by atoms with E-state index < -0.39 is 0 Å². The van der Waals surface area contributed by atoms with Gasteiger partial charge in [-0.2, -0.15) is 0 Å². The number of allylic oxidation sites excluding steroid dienone is 2. The molecule has 1 saturated carbocycles. The van der Waals surface area contributed by atoms with Gasteiger partial charge in [-0.15, -0.1) is 0 Å². The molecule has 5 heteroatoms. The number of ether oxygens (including phenoxy) is 2. The number of ketones is 1. The Bertz CT molecular complexity index is 840. The predicted octanol–water partition coefficient (Wildman–Crippen LogP) is 6.06. The summed E-state index contributed by atoms with van der Waals surface area (Å²) in [5.41, 5.74) is 3.63. The minimum atomic E-state index is 0.115. The van der Waals surface area contributed by atoms with Crippen LogP contribution in [0.5, 0.6) is 11.5 Å². The number of halogens is 2. The highest BCUT2D eigenvalue weighted by Crippen LogP contribution is 2.33. The molecule has 0 heterocycles. The SMILES string of the molecule is COc1ccc(/C=C2\CC/C(=C\c3ccc(OC)c(Br)c3)C2=O)cc1Br. The molecule has 0 radical (unpaired) electrons. The lowest BCUT2D eigenvalue weighted by Gasteiger charge is -2.04. The van der Waals surface area contributed by atoms with Crippen molar-refractivity contribution < 1.29 is 14.3 Å². The first-order valence-corrected chi connectivity index (χ1v) is 9.73. The third kappa shape index (κ3) is 4.10. The lowest BCUT2D eigenvalue weighted by Crippen LogP contribution is -1.96. The van der Waals surface area contributed by atoms with E-state index in [2.05, 4.69) is 31.9 Å². The van der Waals surface area contributed by atoms with E-state index in [4.69, 9.17) is 9.47 Å². The summed E-state index contributed by atoms with van der Waals surface area (Å²) >= 11 is 6.96. The van der Waals surface area contributed by atoms with Crippen LogP contribution in [0.4, 0.5) is 0 Å². The fourth-order valence-electron chi connectivity index (χ4n) is 2.93. The normalized spacial score (nSPS) is 17.2. The molecule has 0 spiro atoms. The molecule has 1 aliphatic rings. The zero-order valence-electron chi connectivity index (χ0n) is 14.5. The Morgan fingerprint density at radius 3 is 1.58 bits per heavy atom. The fraction of sp³-hybridized carbons (Fsp3) is 0.190. The summed E-state index contributed by atoms with van der Waals surface area (Å²) in [6, 6.07) is 11.6. The molecule has 0 aromatic heterocycles. The van der Waals surface area contributed by atoms with E-state index in [0.717, 1.165) is 55.6 Å². The molecule has 3 nitrogen and oxygen atoms in total. The fourth-order valence-corrected chi connectivity index (χ4v) is 4.04. The van der Waals surface area contributed by atoms with Crippen molar-refractivity contribution in [1.82, 2.24) is 0 Å². The standard InChI is InChI=1S/C21H18Br2O3/c1-25-19-7-3-13(11-17(19)22)9-15-5-6-16(21(15)24)10-14-4-8-20(26-2)18(23)12-14/h3-4,7-12H,5-6H2,1-2H3/b15-9+,16-10+. The molecular weight excluding hydrogens is 460 g/mol. The van der Waals surface area contributed by atoms with Gasteiger partial charge < -0.3 is 9.47 Å². The number of hydrogen-bond acceptors (Lipinski definition) is 3. The van der Waals surface area contributed by atoms with E-state index in [9.17, 15) is 4.79 Å². The van der Waals surface area contributed by atoms with Crippen LogP contribution < -0.4 is 9.47 Å². The molecule has 1 fully saturated rings. The maximum absolute atomic E-state index is 12.7. The molecule has 2 aromatic carbocycles. The molecule has 0 atom stereocenters. The number of methoxy groups -OCH3 is 2. The number of hydrogen-bond donors (Lipinski definition) is 0. The van der Waals surface area contributed by atoms with Crippen molar-refractivity contribution in [3.63, 3.8) is 0 Å². The average Bonchev–Trinajstić information content (AvgIpc) is 2.95. The van der Waals surface area contributed by atoms with Crippen molar-refractivity contribution in [2.24, 2.45) is 0 Å². The Morgan fingerprint density at radius 2 is 1.23 bits per heavy atom. The first-order valence-electron chi connectivity index (χ1n) is 8.14. The lowest BCUT2D eigenvalue weighted by molar-refractivity contribution is -0.111. The molecule has 0 amide bonds. The van der Waals surface area contributed by atoms with E-state index in [-0.39, 0.29) is 5.78 Å². The van der Waals surface area contributed by atoms with Crippen molar-refractivity contribution in [1.29, 1.82) is 0 Å². The smallest absolute Gasteiger partial charge is 0.185 e. The number of Topliss-reactive ketones (excluding diaryl/α,β-unsaturated/α-hetero) is 1. The van der Waals surface area contributed by atoms with Gasteiger partial charge in [0.05, 0.1) is 23.2 Å². The van der Waals surface area contributed by atoms with E-state index >= 15 is 0 Å². The van der Waals surface area contributed by atoms with Gasteiger partial charge in [0.15, 0.2) is 5.78 Å². The van der Waals surface area contributed by atoms with Crippen LogP contribution in [0, 0.1) is 0 Å². The third-order valence-corrected chi connectivity index (χ3v) is 5.52. The van der Waals surface area contributed by atoms with Crippen molar-refractivity contribution in [3.05, 3.63) is 67.6 Å². The lowest BCUT2D eigenvalue weighted by atomic mass is 10.1. The minimum absolute atomic E-state index is 0.115. The molecule has 2 aromatic rings. The quantitative estimate of drug-likeness (QED) is 0.502. The second-order valence-electron chi connectivity index (χ2n) is 5.96. The van der Waals surface area contributed by atoms with Gasteiger partial charge >= 0.3 is 0 Å². The van der Waals surface area contributed by atoms with Crippen LogP contribution in [0.15, 0.2) is 56.5 Å². The molecule has 0 bridgehead atoms. The second kappa shape index (κ2) is 8.23. The van der Waals surface area contributed by atoms with Crippen LogP contribution in [0.25, 0.3) is 12.2 Å². The summed E-state index contributed by atoms with van der Waals surface area (Å²) in [4.78, 5) is 12.7. The highest BCUT2D eigenvalue weighted by molar-refractivity contribution is 9.10. The molecule has 1 aliphatic carbocycles. The van der Waals surface area contributed by atoms with Gasteiger partial charge in [0, 0.05) is 11.1 Å². The number of rotatable bonds is 4. The van der Waals surface area contributed by atoms with E-state index in [0.29, 0.717) is 0 Å². The van der Waals surface area contributed by atoms with Gasteiger partial charge in [-0.25, -0.2) is 0 Å². The predicted molar refractivity (Wildman–Crippen MR) is 112 cm³/mol. The minimum Gasteiger partial charge on any atom is -0.496 e. The zero-order valence-corrected chi connectivity index (χ0v) is 17.7. The molecule has 134 valence electrons. The van der Waals surface area contributed by atoms with Crippen molar-refractivity contribution in [3.8, 4) is 11.5 Å². The van der Waals surface area contributed by atoms with Crippen LogP contribution in [0.3, 0.4) is 0 Å². The van der Waals surface area contributed by atoms with Crippen LogP contribution in [-0.4, -0.2) is 20.0 Å². The average molecular weight is 478 g/mol. The van der Waals surface area contributed by atoms with Gasteiger partial charge in [-0.3, -0.25) is 4.79 Å². The Balaban J connectivity index is 1.83. The largest absolute Gasteiger partial charge is 0.496 e. The Hall–Kier alpha value is -1.85. The number of carbonyl (C=O) groups is 1. The van der Waals surface area contributed by atoms with Crippen LogP contribution >= 0.6 is 31.9 Å². The highest BCUT2D eigenvalue weighted by atomic mass is 79.9. The maximum atomic E-state index is 12.7. The van der Waals surface area contributed by atoms with Crippen molar-refractivity contribution >= 4 is 49.8 Å². The summed E-state index contributed by atoms with van der Waals surface area (Å²) in [6.45, 7) is 0. The first-order chi connectivity index (χ1) is 12.5. The summed E-state index contributed by atoms with van der Waals surface area (Å²) in [5.74, 6) is 1.66. The molecule has 0 aliphatic heterocycles. The van der Waals surface area contributed by atoms with E-state index in [1.165, 1.54) is 0 Å². The van der Waals surface area contributed by atoms with Gasteiger partial charge in [-0.05, 0) is 92.2 Å². The Kier molecular flexibility index (Phi) is 5.99. The summed E-state index contributed by atoms with van der Waals surface area (Å²) in [7, 11) is 3.26. The topological polar surface area (TPSA) is 35.5 Å². The van der Waals surface area contributed by atoms with E-state index in [1.54, 1.807) is 14.2 Å². The van der Waals surface area contributed by atoms with Crippen molar-refractivity contribution in [2.45, 2.75) is 12.8 Å². The van der Waals surface area contributed by atoms with Gasteiger partial charge in [0.1, 0.15) is 11.5 Å². The van der Waals surface area contributed by atoms with Crippen LogP contribution in [0.2, 0.25) is 0 Å². The number of carbonyl (C=O) groups excluding carboxylic acids is 1. The Morgan fingerprint density at radius 1 is 0.808 bits per heavy atom. The van der Waals surface area contributed by atoms with Gasteiger partial charge in [0.2, 0.25) is 0 Å². The van der Waals surface area contributed by atoms with Crippen molar-refractivity contribution in [2.75, 3.05) is 14.2 Å². The summed E-state index contributed by atoms with van der Waals surface area (Å²) in [5, 5.41) is 0. The zero-order chi connectivity index (χ0) is 18.7. The molecule has 0 saturated heterocycles. The van der Waals surface area contributed by atoms with Crippen LogP contribution in [0.1, 0.15) is 24.0 Å². The summed E-state index contributed by atoms with van der Waals surface area (Å²) < 4.78 is 12.2. The monoisotopic (exact) mass is 476 g/mol. The highest BCUT2D eigenvalue weighted by Gasteiger charge is 2.23. The van der Waals surface area contributed by atoms with E-state index in [1.807, 2.05) is 48.6 Å². The Labute approximate surface area is 170 Å².